The summed E-state index contributed by atoms with van der Waals surface area (Å²) in [5.41, 5.74) is 0. The Hall–Kier alpha value is 0.580. The Kier molecular flexibility index (Phi) is 6.12. The molecule has 0 aromatic carbocycles. The lowest BCUT2D eigenvalue weighted by Crippen LogP contribution is -1.70. The molecule has 0 heterocycles. The minimum absolute atomic E-state index is 0.487. The molecule has 1 nitrogen and oxygen atoms in total. The van der Waals surface area contributed by atoms with Crippen LogP contribution in [0.25, 0.3) is 0 Å². The van der Waals surface area contributed by atoms with Crippen molar-refractivity contribution in [1.82, 2.24) is 0 Å². The van der Waals surface area contributed by atoms with Gasteiger partial charge in [0.2, 0.25) is 0 Å². The quantitative estimate of drug-likeness (QED) is 0.269. The number of halogens is 1. The van der Waals surface area contributed by atoms with Crippen molar-refractivity contribution < 1.29 is 4.79 Å². The maximum Gasteiger partial charge on any atom is 0.138 e. The van der Waals surface area contributed by atoms with E-state index in [-0.39, 0.29) is 0 Å². The average Bonchev–Trinajstić information content (AvgIpc) is 1.61. The van der Waals surface area contributed by atoms with Crippen LogP contribution in [0.3, 0.4) is 0 Å². The van der Waals surface area contributed by atoms with Crippen LogP contribution in [0, 0.1) is 0 Å². The zero-order chi connectivity index (χ0) is 4.83. The lowest BCUT2D eigenvalue weighted by molar-refractivity contribution is 0.569. The molecule has 0 saturated carbocycles. The molecule has 1 unspecified atom stereocenters. The van der Waals surface area contributed by atoms with Crippen molar-refractivity contribution in [3.63, 3.8) is 0 Å². The van der Waals surface area contributed by atoms with Crippen LogP contribution in [0.1, 0.15) is 0 Å². The highest BCUT2D eigenvalue weighted by atomic mass is 79.9. The van der Waals surface area contributed by atoms with Gasteiger partial charge in [-0.1, -0.05) is 24.5 Å². The minimum atomic E-state index is 0.487. The van der Waals surface area contributed by atoms with E-state index in [1.54, 1.807) is 0 Å². The van der Waals surface area contributed by atoms with E-state index in [2.05, 4.69) is 15.9 Å². The molecular formula is C3H6BrOP. The van der Waals surface area contributed by atoms with Crippen LogP contribution in [-0.4, -0.2) is 17.5 Å². The van der Waals surface area contributed by atoms with E-state index in [4.69, 9.17) is 0 Å². The summed E-state index contributed by atoms with van der Waals surface area (Å²) in [6.07, 6.45) is 0.990. The third-order valence-corrected chi connectivity index (χ3v) is 2.16. The Morgan fingerprint density at radius 1 is 1.83 bits per heavy atom. The second-order valence-corrected chi connectivity index (χ2v) is 2.70. The van der Waals surface area contributed by atoms with Gasteiger partial charge in [-0.25, -0.2) is 0 Å². The Labute approximate surface area is 47.4 Å². The van der Waals surface area contributed by atoms with E-state index in [1.165, 1.54) is 0 Å². The Balaban J connectivity index is 2.49. The van der Waals surface area contributed by atoms with Crippen molar-refractivity contribution in [2.45, 2.75) is 0 Å². The molecule has 0 aromatic rings. The Morgan fingerprint density at radius 3 is 2.67 bits per heavy atom. The molecule has 0 rings (SSSR count). The SMILES string of the molecule is O=CPCCBr. The second kappa shape index (κ2) is 5.58. The number of carbonyl (C=O) groups is 1. The number of carbonyl (C=O) groups excluding carboxylic acids is 1. The predicted molar refractivity (Wildman–Crippen MR) is 33.7 cm³/mol. The molecule has 0 saturated heterocycles. The van der Waals surface area contributed by atoms with Gasteiger partial charge in [0, 0.05) is 5.33 Å². The molecule has 0 aliphatic rings. The third kappa shape index (κ3) is 4.58. The Bertz CT molecular complexity index is 39.8. The van der Waals surface area contributed by atoms with E-state index < -0.39 is 0 Å². The minimum Gasteiger partial charge on any atom is -0.299 e. The predicted octanol–water partition coefficient (Wildman–Crippen LogP) is 1.25. The molecule has 36 valence electrons. The van der Waals surface area contributed by atoms with Gasteiger partial charge in [0.25, 0.3) is 0 Å². The van der Waals surface area contributed by atoms with Crippen molar-refractivity contribution in [2.24, 2.45) is 0 Å². The van der Waals surface area contributed by atoms with E-state index in [0.717, 1.165) is 17.5 Å². The van der Waals surface area contributed by atoms with Gasteiger partial charge in [-0.05, 0) is 6.16 Å². The van der Waals surface area contributed by atoms with Crippen molar-refractivity contribution in [1.29, 1.82) is 0 Å². The fourth-order valence-electron chi connectivity index (χ4n) is 0.113. The maximum atomic E-state index is 9.56. The van der Waals surface area contributed by atoms with Gasteiger partial charge in [0.05, 0.1) is 0 Å². The zero-order valence-electron chi connectivity index (χ0n) is 3.28. The summed E-state index contributed by atoms with van der Waals surface area (Å²) in [5, 5.41) is 0.949. The van der Waals surface area contributed by atoms with Crippen LogP contribution in [0.4, 0.5) is 0 Å². The molecule has 0 spiro atoms. The number of hydrogen-bond acceptors (Lipinski definition) is 1. The van der Waals surface area contributed by atoms with Crippen molar-refractivity contribution in [3.8, 4) is 0 Å². The third-order valence-electron chi connectivity index (χ3n) is 0.322. The highest BCUT2D eigenvalue weighted by Crippen LogP contribution is 2.02. The first kappa shape index (κ1) is 6.58. The summed E-state index contributed by atoms with van der Waals surface area (Å²) >= 11 is 3.20. The topological polar surface area (TPSA) is 17.1 Å². The van der Waals surface area contributed by atoms with Crippen LogP contribution in [0.2, 0.25) is 0 Å². The summed E-state index contributed by atoms with van der Waals surface area (Å²) in [6, 6.07) is 0.960. The monoisotopic (exact) mass is 168 g/mol. The molecule has 3 heteroatoms. The van der Waals surface area contributed by atoms with Gasteiger partial charge in [0.1, 0.15) is 6.03 Å². The molecule has 0 amide bonds. The van der Waals surface area contributed by atoms with E-state index >= 15 is 0 Å². The van der Waals surface area contributed by atoms with Gasteiger partial charge in [-0.3, -0.25) is 4.79 Å². The van der Waals surface area contributed by atoms with E-state index in [1.807, 2.05) is 0 Å². The number of hydrogen-bond donors (Lipinski definition) is 0. The van der Waals surface area contributed by atoms with Crippen molar-refractivity contribution in [3.05, 3.63) is 0 Å². The number of rotatable bonds is 3. The van der Waals surface area contributed by atoms with Gasteiger partial charge >= 0.3 is 0 Å². The van der Waals surface area contributed by atoms with Crippen LogP contribution >= 0.6 is 24.5 Å². The molecule has 0 bridgehead atoms. The van der Waals surface area contributed by atoms with Gasteiger partial charge < -0.3 is 0 Å². The molecule has 6 heavy (non-hydrogen) atoms. The first-order valence-corrected chi connectivity index (χ1v) is 4.05. The normalized spacial score (nSPS) is 10.2. The summed E-state index contributed by atoms with van der Waals surface area (Å²) < 4.78 is 0. The van der Waals surface area contributed by atoms with Gasteiger partial charge in [-0.15, -0.1) is 0 Å². The zero-order valence-corrected chi connectivity index (χ0v) is 5.86. The van der Waals surface area contributed by atoms with Crippen LogP contribution in [0.15, 0.2) is 0 Å². The van der Waals surface area contributed by atoms with Crippen molar-refractivity contribution >= 4 is 30.5 Å². The van der Waals surface area contributed by atoms with Crippen LogP contribution in [0.5, 0.6) is 0 Å². The van der Waals surface area contributed by atoms with E-state index in [0.29, 0.717) is 8.58 Å². The standard InChI is InChI=1S/C3H6BrOP/c4-1-2-6-3-5/h3,6H,1-2H2. The summed E-state index contributed by atoms with van der Waals surface area (Å²) in [6.45, 7) is 0. The largest absolute Gasteiger partial charge is 0.299 e. The number of alkyl halides is 1. The molecule has 0 radical (unpaired) electrons. The molecule has 0 fully saturated rings. The fourth-order valence-corrected chi connectivity index (χ4v) is 1.03. The summed E-state index contributed by atoms with van der Waals surface area (Å²) in [4.78, 5) is 9.56. The maximum absolute atomic E-state index is 9.56. The molecule has 0 aliphatic carbocycles. The van der Waals surface area contributed by atoms with Crippen LogP contribution < -0.4 is 0 Å². The molecule has 0 aliphatic heterocycles. The van der Waals surface area contributed by atoms with Crippen molar-refractivity contribution in [2.75, 3.05) is 11.5 Å². The lowest BCUT2D eigenvalue weighted by atomic mass is 11.0. The van der Waals surface area contributed by atoms with Gasteiger partial charge in [-0.2, -0.15) is 0 Å². The Morgan fingerprint density at radius 2 is 2.50 bits per heavy atom. The molecule has 0 aromatic heterocycles. The van der Waals surface area contributed by atoms with Crippen LogP contribution in [-0.2, 0) is 4.79 Å². The molecular weight excluding hydrogens is 163 g/mol. The first-order chi connectivity index (χ1) is 2.91. The average molecular weight is 169 g/mol. The smallest absolute Gasteiger partial charge is 0.138 e. The molecule has 0 N–H and O–H groups in total. The summed E-state index contributed by atoms with van der Waals surface area (Å²) in [7, 11) is 0.487. The lowest BCUT2D eigenvalue weighted by Gasteiger charge is -1.78. The highest BCUT2D eigenvalue weighted by Gasteiger charge is 1.75. The summed E-state index contributed by atoms with van der Waals surface area (Å²) in [5.74, 6) is 0. The second-order valence-electron chi connectivity index (χ2n) is 0.761. The highest BCUT2D eigenvalue weighted by molar-refractivity contribution is 9.09. The molecule has 1 atom stereocenters. The first-order valence-electron chi connectivity index (χ1n) is 1.65. The van der Waals surface area contributed by atoms with E-state index in [9.17, 15) is 4.79 Å². The van der Waals surface area contributed by atoms with Gasteiger partial charge in [0.15, 0.2) is 0 Å². The fraction of sp³-hybridized carbons (Fsp3) is 0.667.